The molecule has 0 aliphatic carbocycles. The van der Waals surface area contributed by atoms with Crippen LogP contribution in [0, 0.1) is 0 Å². The number of thioether (sulfide) groups is 1. The van der Waals surface area contributed by atoms with Crippen molar-refractivity contribution in [2.24, 2.45) is 4.99 Å². The molecule has 1 aliphatic rings. The van der Waals surface area contributed by atoms with Crippen molar-refractivity contribution in [2.75, 3.05) is 11.1 Å². The molecule has 1 aliphatic heterocycles. The lowest BCUT2D eigenvalue weighted by molar-refractivity contribution is 0.605. The zero-order valence-corrected chi connectivity index (χ0v) is 9.34. The van der Waals surface area contributed by atoms with Gasteiger partial charge in [-0.15, -0.1) is 0 Å². The van der Waals surface area contributed by atoms with Gasteiger partial charge in [0.1, 0.15) is 0 Å². The number of nitrogens with one attached hydrogen (secondary N) is 1. The van der Waals surface area contributed by atoms with Crippen LogP contribution in [0.25, 0.3) is 0 Å². The molecule has 13 heavy (non-hydrogen) atoms. The smallest absolute Gasteiger partial charge is 0.161 e. The van der Waals surface area contributed by atoms with Crippen molar-refractivity contribution in [2.45, 2.75) is 19.4 Å². The van der Waals surface area contributed by atoms with Gasteiger partial charge in [-0.3, -0.25) is 4.99 Å². The van der Waals surface area contributed by atoms with E-state index in [-0.39, 0.29) is 5.54 Å². The molecule has 4 heteroatoms. The maximum absolute atomic E-state index is 4.57. The Labute approximate surface area is 86.5 Å². The number of rotatable bonds is 1. The highest BCUT2D eigenvalue weighted by Gasteiger charge is 2.25. The van der Waals surface area contributed by atoms with E-state index in [2.05, 4.69) is 41.0 Å². The Morgan fingerprint density at radius 3 is 2.92 bits per heavy atom. The Morgan fingerprint density at radius 2 is 2.38 bits per heavy atom. The number of hydrogen-bond donors (Lipinski definition) is 1. The fraction of sp³-hybridized carbons (Fsp3) is 0.444. The van der Waals surface area contributed by atoms with Gasteiger partial charge in [-0.05, 0) is 25.3 Å². The molecule has 2 rings (SSSR count). The lowest BCUT2D eigenvalue weighted by atomic mass is 10.1. The quantitative estimate of drug-likeness (QED) is 0.773. The third-order valence-corrected chi connectivity index (χ3v) is 3.74. The van der Waals surface area contributed by atoms with Crippen molar-refractivity contribution in [3.63, 3.8) is 0 Å². The maximum atomic E-state index is 4.57. The number of amidine groups is 1. The third-order valence-electron chi connectivity index (χ3n) is 1.74. The largest absolute Gasteiger partial charge is 0.334 e. The second kappa shape index (κ2) is 3.35. The molecule has 70 valence electrons. The highest BCUT2D eigenvalue weighted by Crippen LogP contribution is 2.27. The van der Waals surface area contributed by atoms with Crippen LogP contribution in [0.1, 0.15) is 13.8 Å². The molecule has 0 aromatic carbocycles. The molecular formula is C9H12N2S2. The first kappa shape index (κ1) is 9.09. The molecule has 2 heterocycles. The molecule has 0 amide bonds. The van der Waals surface area contributed by atoms with E-state index in [0.717, 1.165) is 16.6 Å². The minimum absolute atomic E-state index is 0.100. The van der Waals surface area contributed by atoms with Gasteiger partial charge in [-0.1, -0.05) is 11.8 Å². The van der Waals surface area contributed by atoms with Gasteiger partial charge < -0.3 is 5.32 Å². The van der Waals surface area contributed by atoms with Crippen molar-refractivity contribution in [3.8, 4) is 0 Å². The molecule has 0 spiro atoms. The second-order valence-corrected chi connectivity index (χ2v) is 5.40. The lowest BCUT2D eigenvalue weighted by Gasteiger charge is -2.09. The van der Waals surface area contributed by atoms with E-state index >= 15 is 0 Å². The first-order valence-electron chi connectivity index (χ1n) is 4.18. The summed E-state index contributed by atoms with van der Waals surface area (Å²) in [4.78, 5) is 4.57. The topological polar surface area (TPSA) is 24.4 Å². The van der Waals surface area contributed by atoms with Crippen LogP contribution in [-0.2, 0) is 0 Å². The molecule has 0 unspecified atom stereocenters. The van der Waals surface area contributed by atoms with Crippen LogP contribution in [-0.4, -0.2) is 16.5 Å². The van der Waals surface area contributed by atoms with E-state index < -0.39 is 0 Å². The van der Waals surface area contributed by atoms with Crippen LogP contribution in [0.5, 0.6) is 0 Å². The summed E-state index contributed by atoms with van der Waals surface area (Å²) < 4.78 is 0. The van der Waals surface area contributed by atoms with Gasteiger partial charge in [0.05, 0.1) is 11.2 Å². The molecule has 0 saturated carbocycles. The predicted molar refractivity (Wildman–Crippen MR) is 61.9 cm³/mol. The predicted octanol–water partition coefficient (Wildman–Crippen LogP) is 3.04. The minimum atomic E-state index is 0.100. The van der Waals surface area contributed by atoms with Crippen LogP contribution < -0.4 is 5.32 Å². The average Bonchev–Trinajstić information content (AvgIpc) is 2.61. The van der Waals surface area contributed by atoms with E-state index in [1.54, 1.807) is 23.1 Å². The first-order valence-corrected chi connectivity index (χ1v) is 6.10. The summed E-state index contributed by atoms with van der Waals surface area (Å²) >= 11 is 3.49. The fourth-order valence-corrected chi connectivity index (χ4v) is 2.75. The molecule has 1 aromatic rings. The minimum Gasteiger partial charge on any atom is -0.334 e. The SMILES string of the molecule is CC1(C)CSC(Nc2ccsc2)=N1. The monoisotopic (exact) mass is 212 g/mol. The molecule has 0 fully saturated rings. The standard InChI is InChI=1S/C9H12N2S2/c1-9(2)6-13-8(11-9)10-7-3-4-12-5-7/h3-5H,6H2,1-2H3,(H,10,11). The molecule has 0 radical (unpaired) electrons. The molecule has 1 N–H and O–H groups in total. The molecular weight excluding hydrogens is 200 g/mol. The lowest BCUT2D eigenvalue weighted by Crippen LogP contribution is -2.15. The van der Waals surface area contributed by atoms with E-state index in [4.69, 9.17) is 0 Å². The van der Waals surface area contributed by atoms with Crippen LogP contribution in [0.2, 0.25) is 0 Å². The first-order chi connectivity index (χ1) is 6.16. The van der Waals surface area contributed by atoms with Gasteiger partial charge in [0.2, 0.25) is 0 Å². The summed E-state index contributed by atoms with van der Waals surface area (Å²) in [6, 6.07) is 2.07. The van der Waals surface area contributed by atoms with Crippen molar-refractivity contribution in [1.29, 1.82) is 0 Å². The van der Waals surface area contributed by atoms with E-state index in [1.807, 2.05) is 0 Å². The zero-order valence-electron chi connectivity index (χ0n) is 7.70. The molecule has 0 saturated heterocycles. The number of hydrogen-bond acceptors (Lipinski definition) is 4. The van der Waals surface area contributed by atoms with E-state index in [1.165, 1.54) is 0 Å². The second-order valence-electron chi connectivity index (χ2n) is 3.66. The third kappa shape index (κ3) is 2.25. The van der Waals surface area contributed by atoms with E-state index in [9.17, 15) is 0 Å². The molecule has 0 bridgehead atoms. The van der Waals surface area contributed by atoms with Crippen LogP contribution >= 0.6 is 23.1 Å². The fourth-order valence-electron chi connectivity index (χ4n) is 1.11. The Kier molecular flexibility index (Phi) is 2.34. The summed E-state index contributed by atoms with van der Waals surface area (Å²) in [6.45, 7) is 4.31. The van der Waals surface area contributed by atoms with Gasteiger partial charge in [-0.25, -0.2) is 0 Å². The van der Waals surface area contributed by atoms with Gasteiger partial charge in [0, 0.05) is 11.1 Å². The number of anilines is 1. The van der Waals surface area contributed by atoms with Crippen molar-refractivity contribution >= 4 is 34.0 Å². The molecule has 0 atom stereocenters. The Hall–Kier alpha value is -0.480. The molecule has 1 aromatic heterocycles. The Morgan fingerprint density at radius 1 is 1.54 bits per heavy atom. The van der Waals surface area contributed by atoms with Crippen molar-refractivity contribution < 1.29 is 0 Å². The van der Waals surface area contributed by atoms with Gasteiger partial charge >= 0.3 is 0 Å². The van der Waals surface area contributed by atoms with Gasteiger partial charge in [0.15, 0.2) is 5.17 Å². The summed E-state index contributed by atoms with van der Waals surface area (Å²) in [7, 11) is 0. The van der Waals surface area contributed by atoms with Gasteiger partial charge in [-0.2, -0.15) is 11.3 Å². The molecule has 2 nitrogen and oxygen atoms in total. The van der Waals surface area contributed by atoms with E-state index in [0.29, 0.717) is 0 Å². The Balaban J connectivity index is 2.05. The van der Waals surface area contributed by atoms with Crippen LogP contribution in [0.4, 0.5) is 5.69 Å². The number of aliphatic imine (C=N–C) groups is 1. The van der Waals surface area contributed by atoms with Gasteiger partial charge in [0.25, 0.3) is 0 Å². The van der Waals surface area contributed by atoms with Crippen LogP contribution in [0.3, 0.4) is 0 Å². The van der Waals surface area contributed by atoms with Crippen molar-refractivity contribution in [3.05, 3.63) is 16.8 Å². The maximum Gasteiger partial charge on any atom is 0.161 e. The average molecular weight is 212 g/mol. The summed E-state index contributed by atoms with van der Waals surface area (Å²) in [5.74, 6) is 1.07. The van der Waals surface area contributed by atoms with Crippen LogP contribution in [0.15, 0.2) is 21.8 Å². The highest BCUT2D eigenvalue weighted by molar-refractivity contribution is 8.14. The number of nitrogens with zero attached hydrogens (tertiary/aromatic N) is 1. The Bertz CT molecular complexity index is 314. The normalized spacial score (nSPS) is 20.0. The number of thiophene rings is 1. The van der Waals surface area contributed by atoms with Crippen molar-refractivity contribution in [1.82, 2.24) is 0 Å². The summed E-state index contributed by atoms with van der Waals surface area (Å²) in [6.07, 6.45) is 0. The summed E-state index contributed by atoms with van der Waals surface area (Å²) in [5.41, 5.74) is 1.25. The highest BCUT2D eigenvalue weighted by atomic mass is 32.2. The zero-order chi connectivity index (χ0) is 9.31. The summed E-state index contributed by atoms with van der Waals surface area (Å²) in [5, 5.41) is 8.50.